The fraction of sp³-hybridized carbons (Fsp3) is 0.143. The molecule has 0 unspecified atom stereocenters. The van der Waals surface area contributed by atoms with Gasteiger partial charge in [0.1, 0.15) is 5.82 Å². The molecule has 1 N–H and O–H groups in total. The molecule has 1 aromatic heterocycles. The summed E-state index contributed by atoms with van der Waals surface area (Å²) < 4.78 is 12.7. The van der Waals surface area contributed by atoms with E-state index in [9.17, 15) is 9.18 Å². The van der Waals surface area contributed by atoms with Crippen LogP contribution in [0.1, 0.15) is 5.56 Å². The fourth-order valence-corrected chi connectivity index (χ4v) is 2.16. The van der Waals surface area contributed by atoms with Crippen LogP contribution in [0, 0.1) is 5.82 Å². The molecule has 1 heterocycles. The Kier molecular flexibility index (Phi) is 4.92. The van der Waals surface area contributed by atoms with Gasteiger partial charge in [-0.2, -0.15) is 0 Å². The topological polar surface area (TPSA) is 42.0 Å². The molecule has 0 atom stereocenters. The summed E-state index contributed by atoms with van der Waals surface area (Å²) in [6.45, 7) is 0.469. The van der Waals surface area contributed by atoms with Crippen LogP contribution in [0.5, 0.6) is 0 Å². The summed E-state index contributed by atoms with van der Waals surface area (Å²) in [5, 5.41) is 2.81. The Hall–Kier alpha value is -1.88. The van der Waals surface area contributed by atoms with E-state index in [-0.39, 0.29) is 11.7 Å². The van der Waals surface area contributed by atoms with Gasteiger partial charge in [-0.05, 0) is 35.9 Å². The largest absolute Gasteiger partial charge is 0.351 e. The molecule has 98 valence electrons. The number of rotatable bonds is 5. The number of pyridine rings is 1. The van der Waals surface area contributed by atoms with Gasteiger partial charge in [0.05, 0.1) is 5.75 Å². The minimum Gasteiger partial charge on any atom is -0.351 e. The molecular weight excluding hydrogens is 263 g/mol. The van der Waals surface area contributed by atoms with E-state index in [1.54, 1.807) is 24.5 Å². The molecule has 0 saturated heterocycles. The standard InChI is InChI=1S/C14H13FN2OS/c15-12-3-5-13(6-4-12)19-10-14(18)17-9-11-2-1-7-16-8-11/h1-8H,9-10H2,(H,17,18). The van der Waals surface area contributed by atoms with E-state index in [2.05, 4.69) is 10.3 Å². The molecule has 0 saturated carbocycles. The van der Waals surface area contributed by atoms with E-state index < -0.39 is 0 Å². The van der Waals surface area contributed by atoms with Crippen molar-refractivity contribution in [3.8, 4) is 0 Å². The van der Waals surface area contributed by atoms with E-state index in [1.807, 2.05) is 12.1 Å². The lowest BCUT2D eigenvalue weighted by molar-refractivity contribution is -0.118. The molecule has 19 heavy (non-hydrogen) atoms. The Morgan fingerprint density at radius 3 is 2.74 bits per heavy atom. The Balaban J connectivity index is 1.74. The van der Waals surface area contributed by atoms with E-state index in [0.717, 1.165) is 10.5 Å². The summed E-state index contributed by atoms with van der Waals surface area (Å²) in [6.07, 6.45) is 3.41. The number of amides is 1. The van der Waals surface area contributed by atoms with Gasteiger partial charge in [0.2, 0.25) is 5.91 Å². The first-order chi connectivity index (χ1) is 9.24. The van der Waals surface area contributed by atoms with Crippen molar-refractivity contribution in [2.45, 2.75) is 11.4 Å². The monoisotopic (exact) mass is 276 g/mol. The Morgan fingerprint density at radius 1 is 1.26 bits per heavy atom. The average Bonchev–Trinajstić information content (AvgIpc) is 2.45. The fourth-order valence-electron chi connectivity index (χ4n) is 1.43. The lowest BCUT2D eigenvalue weighted by atomic mass is 10.3. The molecule has 2 aromatic rings. The van der Waals surface area contributed by atoms with Gasteiger partial charge in [0.25, 0.3) is 0 Å². The molecule has 0 radical (unpaired) electrons. The number of halogens is 1. The van der Waals surface area contributed by atoms with Gasteiger partial charge in [-0.3, -0.25) is 9.78 Å². The molecule has 0 spiro atoms. The third-order valence-corrected chi connectivity index (χ3v) is 3.41. The van der Waals surface area contributed by atoms with Crippen LogP contribution in [0.3, 0.4) is 0 Å². The predicted molar refractivity (Wildman–Crippen MR) is 73.2 cm³/mol. The van der Waals surface area contributed by atoms with Crippen LogP contribution in [-0.2, 0) is 11.3 Å². The van der Waals surface area contributed by atoms with Crippen LogP contribution in [0.25, 0.3) is 0 Å². The van der Waals surface area contributed by atoms with E-state index in [0.29, 0.717) is 12.3 Å². The minimum absolute atomic E-state index is 0.0572. The number of nitrogens with one attached hydrogen (secondary N) is 1. The van der Waals surface area contributed by atoms with Gasteiger partial charge in [-0.25, -0.2) is 4.39 Å². The summed E-state index contributed by atoms with van der Waals surface area (Å²) in [5.41, 5.74) is 0.961. The molecule has 2 rings (SSSR count). The van der Waals surface area contributed by atoms with Crippen molar-refractivity contribution in [1.82, 2.24) is 10.3 Å². The van der Waals surface area contributed by atoms with E-state index >= 15 is 0 Å². The van der Waals surface area contributed by atoms with Crippen molar-refractivity contribution in [2.75, 3.05) is 5.75 Å². The minimum atomic E-state index is -0.273. The molecular formula is C14H13FN2OS. The Morgan fingerprint density at radius 2 is 2.05 bits per heavy atom. The van der Waals surface area contributed by atoms with Crippen LogP contribution in [0.2, 0.25) is 0 Å². The van der Waals surface area contributed by atoms with Gasteiger partial charge in [-0.1, -0.05) is 6.07 Å². The lowest BCUT2D eigenvalue weighted by Crippen LogP contribution is -2.24. The highest BCUT2D eigenvalue weighted by Crippen LogP contribution is 2.17. The molecule has 1 amide bonds. The van der Waals surface area contributed by atoms with E-state index in [4.69, 9.17) is 0 Å². The quantitative estimate of drug-likeness (QED) is 0.854. The van der Waals surface area contributed by atoms with Crippen LogP contribution in [0.4, 0.5) is 4.39 Å². The number of carbonyl (C=O) groups is 1. The molecule has 0 aliphatic heterocycles. The summed E-state index contributed by atoms with van der Waals surface area (Å²) in [7, 11) is 0. The first-order valence-electron chi connectivity index (χ1n) is 5.78. The third-order valence-electron chi connectivity index (χ3n) is 2.40. The zero-order valence-corrected chi connectivity index (χ0v) is 11.0. The number of carbonyl (C=O) groups excluding carboxylic acids is 1. The Bertz CT molecular complexity index is 531. The maximum Gasteiger partial charge on any atom is 0.230 e. The smallest absolute Gasteiger partial charge is 0.230 e. The summed E-state index contributed by atoms with van der Waals surface area (Å²) in [5.74, 6) is -0.0186. The highest BCUT2D eigenvalue weighted by molar-refractivity contribution is 8.00. The SMILES string of the molecule is O=C(CSc1ccc(F)cc1)NCc1cccnc1. The summed E-state index contributed by atoms with van der Waals surface area (Å²) in [6, 6.07) is 9.82. The van der Waals surface area contributed by atoms with E-state index in [1.165, 1.54) is 23.9 Å². The Labute approximate surface area is 115 Å². The number of benzene rings is 1. The van der Waals surface area contributed by atoms with Crippen molar-refractivity contribution < 1.29 is 9.18 Å². The number of hydrogen-bond donors (Lipinski definition) is 1. The highest BCUT2D eigenvalue weighted by Gasteiger charge is 2.03. The molecule has 3 nitrogen and oxygen atoms in total. The van der Waals surface area contributed by atoms with Crippen molar-refractivity contribution in [2.24, 2.45) is 0 Å². The summed E-state index contributed by atoms with van der Waals surface area (Å²) >= 11 is 1.38. The normalized spacial score (nSPS) is 10.2. The van der Waals surface area contributed by atoms with Crippen LogP contribution < -0.4 is 5.32 Å². The molecule has 0 fully saturated rings. The molecule has 0 bridgehead atoms. The molecule has 1 aromatic carbocycles. The number of thioether (sulfide) groups is 1. The predicted octanol–water partition coefficient (Wildman–Crippen LogP) is 2.63. The lowest BCUT2D eigenvalue weighted by Gasteiger charge is -2.05. The van der Waals surface area contributed by atoms with Crippen LogP contribution in [0.15, 0.2) is 53.7 Å². The van der Waals surface area contributed by atoms with Gasteiger partial charge in [0.15, 0.2) is 0 Å². The molecule has 0 aliphatic rings. The van der Waals surface area contributed by atoms with Gasteiger partial charge in [0, 0.05) is 23.8 Å². The van der Waals surface area contributed by atoms with Gasteiger partial charge >= 0.3 is 0 Å². The highest BCUT2D eigenvalue weighted by atomic mass is 32.2. The second-order valence-electron chi connectivity index (χ2n) is 3.88. The van der Waals surface area contributed by atoms with Crippen LogP contribution >= 0.6 is 11.8 Å². The number of hydrogen-bond acceptors (Lipinski definition) is 3. The number of aromatic nitrogens is 1. The first-order valence-corrected chi connectivity index (χ1v) is 6.76. The second-order valence-corrected chi connectivity index (χ2v) is 4.93. The van der Waals surface area contributed by atoms with Crippen molar-refractivity contribution in [3.63, 3.8) is 0 Å². The van der Waals surface area contributed by atoms with Crippen molar-refractivity contribution >= 4 is 17.7 Å². The van der Waals surface area contributed by atoms with Gasteiger partial charge in [-0.15, -0.1) is 11.8 Å². The van der Waals surface area contributed by atoms with Crippen molar-refractivity contribution in [1.29, 1.82) is 0 Å². The zero-order valence-electron chi connectivity index (χ0n) is 10.2. The maximum absolute atomic E-state index is 12.7. The van der Waals surface area contributed by atoms with Crippen molar-refractivity contribution in [3.05, 3.63) is 60.2 Å². The molecule has 5 heteroatoms. The van der Waals surface area contributed by atoms with Gasteiger partial charge < -0.3 is 5.32 Å². The maximum atomic E-state index is 12.7. The molecule has 0 aliphatic carbocycles. The third kappa shape index (κ3) is 4.71. The zero-order chi connectivity index (χ0) is 13.5. The number of nitrogens with zero attached hydrogens (tertiary/aromatic N) is 1. The summed E-state index contributed by atoms with van der Waals surface area (Å²) in [4.78, 5) is 16.5. The second kappa shape index (κ2) is 6.89. The van der Waals surface area contributed by atoms with Crippen LogP contribution in [-0.4, -0.2) is 16.6 Å². The average molecular weight is 276 g/mol. The first kappa shape index (κ1) is 13.5.